The summed E-state index contributed by atoms with van der Waals surface area (Å²) >= 11 is 0. The van der Waals surface area contributed by atoms with Crippen molar-refractivity contribution < 1.29 is 23.9 Å². The molecule has 6 nitrogen and oxygen atoms in total. The first-order valence-corrected chi connectivity index (χ1v) is 6.29. The Morgan fingerprint density at radius 1 is 1.14 bits per heavy atom. The lowest BCUT2D eigenvalue weighted by Crippen LogP contribution is -2.38. The van der Waals surface area contributed by atoms with Gasteiger partial charge in [-0.2, -0.15) is 0 Å². The van der Waals surface area contributed by atoms with Gasteiger partial charge in [-0.1, -0.05) is 32.9 Å². The Morgan fingerprint density at radius 2 is 1.67 bits per heavy atom. The Bertz CT molecular complexity index is 501. The van der Waals surface area contributed by atoms with E-state index in [9.17, 15) is 18.8 Å². The van der Waals surface area contributed by atoms with Gasteiger partial charge in [-0.25, -0.2) is 4.39 Å². The molecule has 2 amide bonds. The van der Waals surface area contributed by atoms with Crippen LogP contribution in [0.15, 0.2) is 24.3 Å². The van der Waals surface area contributed by atoms with E-state index < -0.39 is 30.1 Å². The fourth-order valence-electron chi connectivity index (χ4n) is 0.978. The summed E-state index contributed by atoms with van der Waals surface area (Å²) in [5, 5.41) is 12.1. The lowest BCUT2D eigenvalue weighted by atomic mass is 10.3. The summed E-state index contributed by atoms with van der Waals surface area (Å²) in [6.07, 6.45) is 0. The molecule has 1 rings (SSSR count). The number of aliphatic carboxylic acids is 1. The van der Waals surface area contributed by atoms with E-state index in [0.29, 0.717) is 0 Å². The number of carboxylic acid groups (broad SMARTS) is 1. The molecule has 116 valence electrons. The molecule has 0 aliphatic carbocycles. The van der Waals surface area contributed by atoms with Crippen molar-refractivity contribution in [3.8, 4) is 0 Å². The van der Waals surface area contributed by atoms with Gasteiger partial charge in [-0.15, -0.1) is 0 Å². The van der Waals surface area contributed by atoms with Crippen molar-refractivity contribution in [1.82, 2.24) is 5.32 Å². The molecule has 0 saturated heterocycles. The first kappa shape index (κ1) is 18.6. The minimum atomic E-state index is -1.28. The van der Waals surface area contributed by atoms with Crippen molar-refractivity contribution in [1.29, 1.82) is 0 Å². The molecule has 1 aromatic carbocycles. The Balaban J connectivity index is 0.000000885. The molecule has 0 radical (unpaired) electrons. The molecule has 0 fully saturated rings. The number of hydrogen-bond acceptors (Lipinski definition) is 3. The zero-order valence-electron chi connectivity index (χ0n) is 12.1. The number of amides is 2. The van der Waals surface area contributed by atoms with Gasteiger partial charge in [0.15, 0.2) is 0 Å². The van der Waals surface area contributed by atoms with Gasteiger partial charge < -0.3 is 15.7 Å². The van der Waals surface area contributed by atoms with Crippen LogP contribution >= 0.6 is 0 Å². The van der Waals surface area contributed by atoms with Crippen LogP contribution < -0.4 is 10.6 Å². The zero-order valence-corrected chi connectivity index (χ0v) is 12.1. The third-order valence-corrected chi connectivity index (χ3v) is 1.73. The maximum Gasteiger partial charge on any atom is 0.322 e. The normalized spacial score (nSPS) is 9.38. The Labute approximate surface area is 122 Å². The summed E-state index contributed by atoms with van der Waals surface area (Å²) in [5.74, 6) is -3.41. The number of para-hydroxylation sites is 1. The number of carbonyl (C=O) groups excluding carboxylic acids is 2. The lowest BCUT2D eigenvalue weighted by Gasteiger charge is -2.05. The Morgan fingerprint density at radius 3 is 2.14 bits per heavy atom. The molecule has 0 spiro atoms. The van der Waals surface area contributed by atoms with E-state index in [2.05, 4.69) is 20.8 Å². The molecule has 0 aliphatic heterocycles. The summed E-state index contributed by atoms with van der Waals surface area (Å²) < 4.78 is 13.1. The van der Waals surface area contributed by atoms with Crippen molar-refractivity contribution in [2.24, 2.45) is 5.92 Å². The van der Waals surface area contributed by atoms with Crippen LogP contribution in [0, 0.1) is 11.7 Å². The predicted octanol–water partition coefficient (Wildman–Crippen LogP) is 1.63. The van der Waals surface area contributed by atoms with E-state index in [0.717, 1.165) is 12.0 Å². The highest BCUT2D eigenvalue weighted by atomic mass is 19.1. The second-order valence-corrected chi connectivity index (χ2v) is 4.74. The van der Waals surface area contributed by atoms with Crippen LogP contribution in [0.2, 0.25) is 0 Å². The molecule has 0 saturated carbocycles. The van der Waals surface area contributed by atoms with Crippen LogP contribution in [0.1, 0.15) is 20.8 Å². The quantitative estimate of drug-likeness (QED) is 0.739. The van der Waals surface area contributed by atoms with Crippen LogP contribution in [0.4, 0.5) is 10.1 Å². The van der Waals surface area contributed by atoms with E-state index in [4.69, 9.17) is 5.11 Å². The van der Waals surface area contributed by atoms with Crippen LogP contribution in [-0.2, 0) is 14.4 Å². The number of nitrogens with one attached hydrogen (secondary N) is 2. The molecule has 7 heteroatoms. The largest absolute Gasteiger partial charge is 0.480 e. The highest BCUT2D eigenvalue weighted by molar-refractivity contribution is 6.39. The molecule has 0 bridgehead atoms. The van der Waals surface area contributed by atoms with Crippen LogP contribution in [0.5, 0.6) is 0 Å². The number of halogens is 1. The van der Waals surface area contributed by atoms with E-state index in [1.54, 1.807) is 0 Å². The third-order valence-electron chi connectivity index (χ3n) is 1.73. The summed E-state index contributed by atoms with van der Waals surface area (Å²) in [6, 6.07) is 5.30. The van der Waals surface area contributed by atoms with E-state index in [-0.39, 0.29) is 5.69 Å². The number of carboxylic acids is 1. The van der Waals surface area contributed by atoms with Crippen molar-refractivity contribution in [2.75, 3.05) is 11.9 Å². The number of carbonyl (C=O) groups is 3. The molecule has 21 heavy (non-hydrogen) atoms. The summed E-state index contributed by atoms with van der Waals surface area (Å²) in [4.78, 5) is 32.4. The molecule has 0 heterocycles. The van der Waals surface area contributed by atoms with Crippen molar-refractivity contribution in [2.45, 2.75) is 20.8 Å². The topological polar surface area (TPSA) is 95.5 Å². The maximum absolute atomic E-state index is 13.1. The van der Waals surface area contributed by atoms with Crippen LogP contribution in [0.25, 0.3) is 0 Å². The highest BCUT2D eigenvalue weighted by Crippen LogP contribution is 2.11. The second-order valence-electron chi connectivity index (χ2n) is 4.74. The molecule has 1 aromatic rings. The number of rotatable bonds is 3. The van der Waals surface area contributed by atoms with Gasteiger partial charge in [0.2, 0.25) is 0 Å². The number of hydrogen-bond donors (Lipinski definition) is 3. The average Bonchev–Trinajstić information content (AvgIpc) is 2.37. The molecule has 0 atom stereocenters. The highest BCUT2D eigenvalue weighted by Gasteiger charge is 2.15. The average molecular weight is 298 g/mol. The van der Waals surface area contributed by atoms with Crippen molar-refractivity contribution in [3.63, 3.8) is 0 Å². The van der Waals surface area contributed by atoms with Gasteiger partial charge in [0.25, 0.3) is 0 Å². The van der Waals surface area contributed by atoms with Crippen LogP contribution in [0.3, 0.4) is 0 Å². The van der Waals surface area contributed by atoms with Crippen LogP contribution in [-0.4, -0.2) is 29.4 Å². The van der Waals surface area contributed by atoms with Gasteiger partial charge in [-0.3, -0.25) is 14.4 Å². The predicted molar refractivity (Wildman–Crippen MR) is 76.2 cm³/mol. The zero-order chi connectivity index (χ0) is 16.4. The van der Waals surface area contributed by atoms with E-state index >= 15 is 0 Å². The summed E-state index contributed by atoms with van der Waals surface area (Å²) in [5.41, 5.74) is -0.150. The molecule has 3 N–H and O–H groups in total. The van der Waals surface area contributed by atoms with Gasteiger partial charge in [0.1, 0.15) is 12.4 Å². The van der Waals surface area contributed by atoms with Crippen molar-refractivity contribution in [3.05, 3.63) is 30.1 Å². The van der Waals surface area contributed by atoms with E-state index in [1.165, 1.54) is 18.2 Å². The second kappa shape index (κ2) is 9.46. The first-order chi connectivity index (χ1) is 9.73. The third kappa shape index (κ3) is 9.15. The van der Waals surface area contributed by atoms with Gasteiger partial charge in [0.05, 0.1) is 5.69 Å². The summed E-state index contributed by atoms with van der Waals surface area (Å²) in [6.45, 7) is 5.82. The lowest BCUT2D eigenvalue weighted by molar-refractivity contribution is -0.140. The molecular weight excluding hydrogens is 279 g/mol. The first-order valence-electron chi connectivity index (χ1n) is 6.29. The van der Waals surface area contributed by atoms with Gasteiger partial charge in [-0.05, 0) is 18.1 Å². The maximum atomic E-state index is 13.1. The molecular formula is C14H19FN2O4. The van der Waals surface area contributed by atoms with Crippen molar-refractivity contribution >= 4 is 23.5 Å². The fourth-order valence-corrected chi connectivity index (χ4v) is 0.978. The SMILES string of the molecule is CC(C)C.O=C(O)CNC(=O)C(=O)Nc1ccccc1F. The Hall–Kier alpha value is -2.44. The molecule has 0 aromatic heterocycles. The fraction of sp³-hybridized carbons (Fsp3) is 0.357. The smallest absolute Gasteiger partial charge is 0.322 e. The number of anilines is 1. The van der Waals surface area contributed by atoms with Gasteiger partial charge in [0, 0.05) is 0 Å². The monoisotopic (exact) mass is 298 g/mol. The standard InChI is InChI=1S/C10H9FN2O4.C4H10/c11-6-3-1-2-4-7(6)13-10(17)9(16)12-5-8(14)15;1-4(2)3/h1-4H,5H2,(H,12,16)(H,13,17)(H,14,15);4H,1-3H3. The van der Waals surface area contributed by atoms with E-state index in [1.807, 2.05) is 10.6 Å². The van der Waals surface area contributed by atoms with Gasteiger partial charge >= 0.3 is 17.8 Å². The Kier molecular flexibility index (Phi) is 8.36. The molecule has 0 unspecified atom stereocenters. The minimum Gasteiger partial charge on any atom is -0.480 e. The minimum absolute atomic E-state index is 0.150. The molecule has 0 aliphatic rings. The number of benzene rings is 1. The summed E-state index contributed by atoms with van der Waals surface area (Å²) in [7, 11) is 0.